The largest absolute Gasteiger partial charge is 0.485 e. The minimum atomic E-state index is -0.581. The normalized spacial score (nSPS) is 9.89. The van der Waals surface area contributed by atoms with Crippen molar-refractivity contribution in [3.8, 4) is 5.75 Å². The Bertz CT molecular complexity index is 593. The zero-order valence-corrected chi connectivity index (χ0v) is 10.2. The van der Waals surface area contributed by atoms with Crippen molar-refractivity contribution in [2.75, 3.05) is 6.61 Å². The van der Waals surface area contributed by atoms with E-state index < -0.39 is 5.91 Å². The van der Waals surface area contributed by atoms with Gasteiger partial charge in [-0.3, -0.25) is 9.59 Å². The molecule has 2 N–H and O–H groups in total. The smallest absolute Gasteiger partial charge is 0.252 e. The highest BCUT2D eigenvalue weighted by Crippen LogP contribution is 2.17. The fourth-order valence-electron chi connectivity index (χ4n) is 1.65. The number of hydrogen-bond donors (Lipinski definition) is 1. The molecule has 4 nitrogen and oxygen atoms in total. The summed E-state index contributed by atoms with van der Waals surface area (Å²) in [6.07, 6.45) is 0. The zero-order chi connectivity index (χ0) is 13.7. The summed E-state index contributed by atoms with van der Waals surface area (Å²) in [6.45, 7) is -0.131. The molecular formula is C15H13NO3. The third-order valence-electron chi connectivity index (χ3n) is 2.61. The molecule has 1 amide bonds. The summed E-state index contributed by atoms with van der Waals surface area (Å²) in [6, 6.07) is 15.4. The van der Waals surface area contributed by atoms with E-state index >= 15 is 0 Å². The fraction of sp³-hybridized carbons (Fsp3) is 0.0667. The third-order valence-corrected chi connectivity index (χ3v) is 2.61. The van der Waals surface area contributed by atoms with Gasteiger partial charge in [0.15, 0.2) is 12.4 Å². The second kappa shape index (κ2) is 5.82. The van der Waals surface area contributed by atoms with Crippen molar-refractivity contribution in [1.82, 2.24) is 0 Å². The molecular weight excluding hydrogens is 242 g/mol. The van der Waals surface area contributed by atoms with Crippen LogP contribution in [0.25, 0.3) is 0 Å². The Balaban J connectivity index is 2.07. The molecule has 0 heterocycles. The lowest BCUT2D eigenvalue weighted by Gasteiger charge is -2.08. The average Bonchev–Trinajstić information content (AvgIpc) is 2.46. The van der Waals surface area contributed by atoms with Crippen LogP contribution in [0.3, 0.4) is 0 Å². The van der Waals surface area contributed by atoms with Crippen molar-refractivity contribution in [2.45, 2.75) is 0 Å². The number of Topliss-reactive ketones (excluding diaryl/α,β-unsaturated/α-hetero) is 1. The van der Waals surface area contributed by atoms with Crippen LogP contribution in [-0.2, 0) is 0 Å². The predicted molar refractivity (Wildman–Crippen MR) is 71.2 cm³/mol. The van der Waals surface area contributed by atoms with Crippen LogP contribution in [0.15, 0.2) is 54.6 Å². The summed E-state index contributed by atoms with van der Waals surface area (Å²) in [4.78, 5) is 23.1. The predicted octanol–water partition coefficient (Wildman–Crippen LogP) is 2.05. The minimum absolute atomic E-state index is 0.131. The van der Waals surface area contributed by atoms with Gasteiger partial charge in [0.05, 0.1) is 5.56 Å². The molecule has 0 saturated carbocycles. The number of primary amides is 1. The molecule has 0 unspecified atom stereocenters. The molecule has 0 radical (unpaired) electrons. The van der Waals surface area contributed by atoms with Crippen LogP contribution >= 0.6 is 0 Å². The van der Waals surface area contributed by atoms with E-state index in [0.29, 0.717) is 11.3 Å². The second-order valence-electron chi connectivity index (χ2n) is 3.94. The molecule has 0 aliphatic rings. The van der Waals surface area contributed by atoms with Gasteiger partial charge in [-0.15, -0.1) is 0 Å². The summed E-state index contributed by atoms with van der Waals surface area (Å²) in [7, 11) is 0. The van der Waals surface area contributed by atoms with Crippen molar-refractivity contribution in [3.63, 3.8) is 0 Å². The molecule has 19 heavy (non-hydrogen) atoms. The molecule has 0 aliphatic carbocycles. The van der Waals surface area contributed by atoms with Crippen molar-refractivity contribution in [1.29, 1.82) is 0 Å². The van der Waals surface area contributed by atoms with Gasteiger partial charge in [-0.05, 0) is 12.1 Å². The summed E-state index contributed by atoms with van der Waals surface area (Å²) < 4.78 is 5.36. The van der Waals surface area contributed by atoms with Crippen molar-refractivity contribution >= 4 is 11.7 Å². The molecule has 0 saturated heterocycles. The van der Waals surface area contributed by atoms with Crippen molar-refractivity contribution < 1.29 is 14.3 Å². The van der Waals surface area contributed by atoms with Crippen LogP contribution in [0, 0.1) is 0 Å². The van der Waals surface area contributed by atoms with Gasteiger partial charge in [-0.25, -0.2) is 0 Å². The zero-order valence-electron chi connectivity index (χ0n) is 10.2. The Morgan fingerprint density at radius 1 is 0.947 bits per heavy atom. The van der Waals surface area contributed by atoms with Gasteiger partial charge >= 0.3 is 0 Å². The van der Waals surface area contributed by atoms with Gasteiger partial charge in [0.25, 0.3) is 5.91 Å². The van der Waals surface area contributed by atoms with Gasteiger partial charge in [0.1, 0.15) is 5.75 Å². The van der Waals surface area contributed by atoms with Gasteiger partial charge in [-0.2, -0.15) is 0 Å². The van der Waals surface area contributed by atoms with E-state index in [1.165, 1.54) is 0 Å². The van der Waals surface area contributed by atoms with Crippen LogP contribution in [0.5, 0.6) is 5.75 Å². The average molecular weight is 255 g/mol. The molecule has 96 valence electrons. The summed E-state index contributed by atoms with van der Waals surface area (Å²) in [5.74, 6) is -0.415. The van der Waals surface area contributed by atoms with Crippen LogP contribution < -0.4 is 10.5 Å². The first kappa shape index (κ1) is 12.8. The third kappa shape index (κ3) is 3.19. The highest BCUT2D eigenvalue weighted by molar-refractivity contribution is 5.98. The number of ether oxygens (including phenoxy) is 1. The number of ketones is 1. The summed E-state index contributed by atoms with van der Waals surface area (Å²) in [5, 5.41) is 0. The number of nitrogens with two attached hydrogens (primary N) is 1. The molecule has 4 heteroatoms. The van der Waals surface area contributed by atoms with Gasteiger partial charge < -0.3 is 10.5 Å². The summed E-state index contributed by atoms with van der Waals surface area (Å²) >= 11 is 0. The lowest BCUT2D eigenvalue weighted by Crippen LogP contribution is -2.16. The lowest BCUT2D eigenvalue weighted by molar-refractivity contribution is 0.0912. The number of para-hydroxylation sites is 1. The summed E-state index contributed by atoms with van der Waals surface area (Å²) in [5.41, 5.74) is 6.06. The van der Waals surface area contributed by atoms with E-state index in [2.05, 4.69) is 0 Å². The Kier molecular flexibility index (Phi) is 3.93. The number of hydrogen-bond acceptors (Lipinski definition) is 3. The Labute approximate surface area is 110 Å². The van der Waals surface area contributed by atoms with Gasteiger partial charge in [-0.1, -0.05) is 42.5 Å². The topological polar surface area (TPSA) is 69.4 Å². The lowest BCUT2D eigenvalue weighted by atomic mass is 10.1. The number of rotatable bonds is 5. The monoisotopic (exact) mass is 255 g/mol. The highest BCUT2D eigenvalue weighted by atomic mass is 16.5. The first-order valence-corrected chi connectivity index (χ1v) is 5.78. The quantitative estimate of drug-likeness (QED) is 0.831. The van der Waals surface area contributed by atoms with Gasteiger partial charge in [0.2, 0.25) is 0 Å². The minimum Gasteiger partial charge on any atom is -0.485 e. The number of carbonyl (C=O) groups is 2. The number of amides is 1. The maximum absolute atomic E-state index is 11.9. The fourth-order valence-corrected chi connectivity index (χ4v) is 1.65. The Hall–Kier alpha value is -2.62. The molecule has 0 spiro atoms. The Morgan fingerprint density at radius 2 is 1.58 bits per heavy atom. The first-order valence-electron chi connectivity index (χ1n) is 5.78. The van der Waals surface area contributed by atoms with E-state index in [-0.39, 0.29) is 18.0 Å². The van der Waals surface area contributed by atoms with Crippen molar-refractivity contribution in [3.05, 3.63) is 65.7 Å². The maximum atomic E-state index is 11.9. The molecule has 2 aromatic carbocycles. The standard InChI is InChI=1S/C15H13NO3/c16-15(18)12-8-4-5-9-14(12)19-10-13(17)11-6-2-1-3-7-11/h1-9H,10H2,(H2,16,18). The van der Waals surface area contributed by atoms with Crippen LogP contribution in [-0.4, -0.2) is 18.3 Å². The maximum Gasteiger partial charge on any atom is 0.252 e. The van der Waals surface area contributed by atoms with E-state index in [1.807, 2.05) is 6.07 Å². The van der Waals surface area contributed by atoms with Crippen LogP contribution in [0.4, 0.5) is 0 Å². The van der Waals surface area contributed by atoms with E-state index in [0.717, 1.165) is 0 Å². The molecule has 0 aromatic heterocycles. The molecule has 0 bridgehead atoms. The second-order valence-corrected chi connectivity index (χ2v) is 3.94. The van der Waals surface area contributed by atoms with E-state index in [9.17, 15) is 9.59 Å². The van der Waals surface area contributed by atoms with E-state index in [1.54, 1.807) is 48.5 Å². The van der Waals surface area contributed by atoms with Gasteiger partial charge in [0, 0.05) is 5.56 Å². The molecule has 0 atom stereocenters. The van der Waals surface area contributed by atoms with Crippen molar-refractivity contribution in [2.24, 2.45) is 5.73 Å². The molecule has 2 aromatic rings. The SMILES string of the molecule is NC(=O)c1ccccc1OCC(=O)c1ccccc1. The number of carbonyl (C=O) groups excluding carboxylic acids is 2. The first-order chi connectivity index (χ1) is 9.18. The Morgan fingerprint density at radius 3 is 2.26 bits per heavy atom. The van der Waals surface area contributed by atoms with E-state index in [4.69, 9.17) is 10.5 Å². The number of benzene rings is 2. The van der Waals surface area contributed by atoms with Crippen LogP contribution in [0.2, 0.25) is 0 Å². The van der Waals surface area contributed by atoms with Crippen LogP contribution in [0.1, 0.15) is 20.7 Å². The molecule has 0 fully saturated rings. The highest BCUT2D eigenvalue weighted by Gasteiger charge is 2.11. The molecule has 2 rings (SSSR count). The molecule has 0 aliphatic heterocycles.